The van der Waals surface area contributed by atoms with E-state index in [1.54, 1.807) is 0 Å². The molecule has 1 N–H and O–H groups in total. The number of carboxylic acid groups (broad SMARTS) is 1. The number of hydrogen-bond donors (Lipinski definition) is 1. The molecule has 0 atom stereocenters. The van der Waals surface area contributed by atoms with E-state index in [-0.39, 0.29) is 4.47 Å². The van der Waals surface area contributed by atoms with Gasteiger partial charge in [-0.25, -0.2) is 4.39 Å². The summed E-state index contributed by atoms with van der Waals surface area (Å²) in [4.78, 5) is 11.6. The van der Waals surface area contributed by atoms with Crippen molar-refractivity contribution in [3.63, 3.8) is 0 Å². The van der Waals surface area contributed by atoms with E-state index in [9.17, 15) is 14.3 Å². The van der Waals surface area contributed by atoms with Gasteiger partial charge in [0.1, 0.15) is 11.6 Å². The Hall–Kier alpha value is -1.10. The van der Waals surface area contributed by atoms with Gasteiger partial charge in [0.05, 0.1) is 17.0 Å². The zero-order valence-corrected chi connectivity index (χ0v) is 11.6. The summed E-state index contributed by atoms with van der Waals surface area (Å²) in [7, 11) is 1.43. The van der Waals surface area contributed by atoms with E-state index < -0.39 is 17.2 Å². The van der Waals surface area contributed by atoms with Crippen LogP contribution >= 0.6 is 15.9 Å². The molecular weight excluding hydrogens is 303 g/mol. The molecule has 18 heavy (non-hydrogen) atoms. The Labute approximate surface area is 113 Å². The fourth-order valence-corrected chi connectivity index (χ4v) is 2.99. The summed E-state index contributed by atoms with van der Waals surface area (Å²) in [6, 6.07) is 2.77. The monoisotopic (exact) mass is 316 g/mol. The third-order valence-corrected chi connectivity index (χ3v) is 4.23. The standard InChI is InChI=1S/C13H14BrFO3/c1-18-11-7-10(15)9(14)6-8(11)13(12(16)17)4-2-3-5-13/h6-7H,2-5H2,1H3,(H,16,17). The van der Waals surface area contributed by atoms with Crippen molar-refractivity contribution >= 4 is 21.9 Å². The van der Waals surface area contributed by atoms with Gasteiger partial charge in [0.25, 0.3) is 0 Å². The van der Waals surface area contributed by atoms with Crippen LogP contribution in [0.15, 0.2) is 16.6 Å². The van der Waals surface area contributed by atoms with Crippen molar-refractivity contribution in [2.75, 3.05) is 7.11 Å². The van der Waals surface area contributed by atoms with Crippen molar-refractivity contribution in [1.82, 2.24) is 0 Å². The van der Waals surface area contributed by atoms with Gasteiger partial charge in [0.2, 0.25) is 0 Å². The first-order valence-corrected chi connectivity index (χ1v) is 6.57. The molecule has 0 radical (unpaired) electrons. The molecule has 3 nitrogen and oxygen atoms in total. The maximum atomic E-state index is 13.5. The predicted molar refractivity (Wildman–Crippen MR) is 68.4 cm³/mol. The molecule has 0 unspecified atom stereocenters. The van der Waals surface area contributed by atoms with Crippen molar-refractivity contribution in [3.8, 4) is 5.75 Å². The van der Waals surface area contributed by atoms with Crippen LogP contribution in [0.1, 0.15) is 31.2 Å². The second-order valence-electron chi connectivity index (χ2n) is 4.56. The zero-order valence-electron chi connectivity index (χ0n) is 10.0. The fourth-order valence-electron chi connectivity index (χ4n) is 2.65. The van der Waals surface area contributed by atoms with Crippen LogP contribution in [0.4, 0.5) is 4.39 Å². The third kappa shape index (κ3) is 2.00. The van der Waals surface area contributed by atoms with Crippen molar-refractivity contribution < 1.29 is 19.0 Å². The Morgan fingerprint density at radius 2 is 2.06 bits per heavy atom. The van der Waals surface area contributed by atoms with E-state index in [1.807, 2.05) is 0 Å². The average Bonchev–Trinajstić information content (AvgIpc) is 2.82. The topological polar surface area (TPSA) is 46.5 Å². The molecule has 0 amide bonds. The predicted octanol–water partition coefficient (Wildman–Crippen LogP) is 3.49. The molecule has 0 bridgehead atoms. The molecule has 1 fully saturated rings. The molecule has 1 aliphatic carbocycles. The Bertz CT molecular complexity index is 481. The van der Waals surface area contributed by atoms with Crippen LogP contribution in [0.25, 0.3) is 0 Å². The van der Waals surface area contributed by atoms with Gasteiger partial charge in [0, 0.05) is 11.6 Å². The number of carbonyl (C=O) groups is 1. The van der Waals surface area contributed by atoms with Crippen LogP contribution in [0.2, 0.25) is 0 Å². The first-order chi connectivity index (χ1) is 8.51. The molecule has 0 aromatic heterocycles. The molecule has 5 heteroatoms. The Balaban J connectivity index is 2.61. The number of benzene rings is 1. The quantitative estimate of drug-likeness (QED) is 0.928. The molecule has 1 saturated carbocycles. The molecule has 0 saturated heterocycles. The van der Waals surface area contributed by atoms with Crippen molar-refractivity contribution in [1.29, 1.82) is 0 Å². The SMILES string of the molecule is COc1cc(F)c(Br)cc1C1(C(=O)O)CCCC1. The van der Waals surface area contributed by atoms with Crippen LogP contribution < -0.4 is 4.74 Å². The number of hydrogen-bond acceptors (Lipinski definition) is 2. The maximum Gasteiger partial charge on any atom is 0.314 e. The molecule has 1 aliphatic rings. The lowest BCUT2D eigenvalue weighted by atomic mass is 9.78. The van der Waals surface area contributed by atoms with Gasteiger partial charge in [0.15, 0.2) is 0 Å². The molecule has 1 aromatic rings. The van der Waals surface area contributed by atoms with Gasteiger partial charge in [-0.05, 0) is 34.8 Å². The molecular formula is C13H14BrFO3. The number of halogens is 2. The summed E-state index contributed by atoms with van der Waals surface area (Å²) >= 11 is 3.11. The Kier molecular flexibility index (Phi) is 3.61. The number of ether oxygens (including phenoxy) is 1. The van der Waals surface area contributed by atoms with Gasteiger partial charge in [-0.15, -0.1) is 0 Å². The number of methoxy groups -OCH3 is 1. The van der Waals surface area contributed by atoms with Crippen molar-refractivity contribution in [2.24, 2.45) is 0 Å². The van der Waals surface area contributed by atoms with Gasteiger partial charge < -0.3 is 9.84 Å². The highest BCUT2D eigenvalue weighted by Gasteiger charge is 2.45. The van der Waals surface area contributed by atoms with E-state index in [0.717, 1.165) is 12.8 Å². The first kappa shape index (κ1) is 13.3. The van der Waals surface area contributed by atoms with Crippen LogP contribution in [0, 0.1) is 5.82 Å². The van der Waals surface area contributed by atoms with Crippen LogP contribution in [-0.2, 0) is 10.2 Å². The molecule has 98 valence electrons. The molecule has 2 rings (SSSR count). The largest absolute Gasteiger partial charge is 0.496 e. The van der Waals surface area contributed by atoms with Crippen LogP contribution in [0.3, 0.4) is 0 Å². The Morgan fingerprint density at radius 3 is 2.56 bits per heavy atom. The minimum absolute atomic E-state index is 0.269. The van der Waals surface area contributed by atoms with Crippen LogP contribution in [0.5, 0.6) is 5.75 Å². The van der Waals surface area contributed by atoms with E-state index in [0.29, 0.717) is 24.2 Å². The highest BCUT2D eigenvalue weighted by molar-refractivity contribution is 9.10. The molecule has 0 heterocycles. The maximum absolute atomic E-state index is 13.5. The summed E-state index contributed by atoms with van der Waals surface area (Å²) in [5.74, 6) is -1.01. The molecule has 1 aromatic carbocycles. The summed E-state index contributed by atoms with van der Waals surface area (Å²) in [5.41, 5.74) is -0.384. The minimum Gasteiger partial charge on any atom is -0.496 e. The lowest BCUT2D eigenvalue weighted by molar-refractivity contribution is -0.143. The summed E-state index contributed by atoms with van der Waals surface area (Å²) in [6.07, 6.45) is 2.86. The fraction of sp³-hybridized carbons (Fsp3) is 0.462. The average molecular weight is 317 g/mol. The van der Waals surface area contributed by atoms with Gasteiger partial charge in [-0.1, -0.05) is 12.8 Å². The summed E-state index contributed by atoms with van der Waals surface area (Å²) in [5, 5.41) is 9.53. The van der Waals surface area contributed by atoms with E-state index >= 15 is 0 Å². The number of rotatable bonds is 3. The smallest absolute Gasteiger partial charge is 0.314 e. The van der Waals surface area contributed by atoms with Gasteiger partial charge >= 0.3 is 5.97 Å². The lowest BCUT2D eigenvalue weighted by Crippen LogP contribution is -2.33. The minimum atomic E-state index is -0.943. The van der Waals surface area contributed by atoms with Crippen LogP contribution in [-0.4, -0.2) is 18.2 Å². The summed E-state index contributed by atoms with van der Waals surface area (Å²) in [6.45, 7) is 0. The molecule has 0 aliphatic heterocycles. The first-order valence-electron chi connectivity index (χ1n) is 5.78. The highest BCUT2D eigenvalue weighted by atomic mass is 79.9. The number of aliphatic carboxylic acids is 1. The van der Waals surface area contributed by atoms with Gasteiger partial charge in [-0.3, -0.25) is 4.79 Å². The molecule has 0 spiro atoms. The zero-order chi connectivity index (χ0) is 13.3. The second kappa shape index (κ2) is 4.88. The lowest BCUT2D eigenvalue weighted by Gasteiger charge is -2.26. The van der Waals surface area contributed by atoms with Crippen molar-refractivity contribution in [3.05, 3.63) is 28.0 Å². The second-order valence-corrected chi connectivity index (χ2v) is 5.42. The van der Waals surface area contributed by atoms with E-state index in [2.05, 4.69) is 15.9 Å². The Morgan fingerprint density at radius 1 is 1.44 bits per heavy atom. The summed E-state index contributed by atoms with van der Waals surface area (Å²) < 4.78 is 18.9. The highest BCUT2D eigenvalue weighted by Crippen LogP contribution is 2.46. The third-order valence-electron chi connectivity index (χ3n) is 3.62. The van der Waals surface area contributed by atoms with Gasteiger partial charge in [-0.2, -0.15) is 0 Å². The van der Waals surface area contributed by atoms with E-state index in [4.69, 9.17) is 4.74 Å². The normalized spacial score (nSPS) is 17.7. The van der Waals surface area contributed by atoms with Crippen molar-refractivity contribution in [2.45, 2.75) is 31.1 Å². The number of carboxylic acids is 1. The van der Waals surface area contributed by atoms with E-state index in [1.165, 1.54) is 19.2 Å².